The number of hydrogen-bond acceptors (Lipinski definition) is 3. The van der Waals surface area contributed by atoms with E-state index in [2.05, 4.69) is 10.3 Å². The van der Waals surface area contributed by atoms with Gasteiger partial charge in [0.2, 0.25) is 0 Å². The number of amides is 1. The number of aromatic nitrogens is 2. The summed E-state index contributed by atoms with van der Waals surface area (Å²) in [6.45, 7) is 0. The number of carbonyl (C=O) groups excluding carboxylic acids is 1. The Morgan fingerprint density at radius 2 is 1.90 bits per heavy atom. The van der Waals surface area contributed by atoms with E-state index in [4.69, 9.17) is 0 Å². The Morgan fingerprint density at radius 1 is 1.20 bits per heavy atom. The molecule has 1 aliphatic rings. The zero-order valence-electron chi connectivity index (χ0n) is 11.4. The summed E-state index contributed by atoms with van der Waals surface area (Å²) >= 11 is 1.49. The second-order valence-electron chi connectivity index (χ2n) is 5.27. The van der Waals surface area contributed by atoms with Gasteiger partial charge in [-0.3, -0.25) is 4.79 Å². The lowest BCUT2D eigenvalue weighted by atomic mass is 10.1. The van der Waals surface area contributed by atoms with Gasteiger partial charge in [-0.25, -0.2) is 4.98 Å². The maximum absolute atomic E-state index is 12.2. The van der Waals surface area contributed by atoms with Crippen molar-refractivity contribution in [2.75, 3.05) is 0 Å². The van der Waals surface area contributed by atoms with E-state index < -0.39 is 0 Å². The zero-order valence-corrected chi connectivity index (χ0v) is 12.2. The third kappa shape index (κ3) is 3.10. The molecular formula is C15H19N3OS. The Labute approximate surface area is 122 Å². The zero-order chi connectivity index (χ0) is 13.8. The van der Waals surface area contributed by atoms with Crippen LogP contribution in [0.25, 0.3) is 5.13 Å². The van der Waals surface area contributed by atoms with E-state index in [0.29, 0.717) is 11.7 Å². The van der Waals surface area contributed by atoms with Gasteiger partial charge in [0.25, 0.3) is 5.91 Å². The smallest absolute Gasteiger partial charge is 0.271 e. The van der Waals surface area contributed by atoms with Crippen molar-refractivity contribution >= 4 is 17.2 Å². The summed E-state index contributed by atoms with van der Waals surface area (Å²) in [5.74, 6) is -0.0356. The molecule has 4 nitrogen and oxygen atoms in total. The van der Waals surface area contributed by atoms with Crippen LogP contribution in [0, 0.1) is 0 Å². The molecule has 0 unspecified atom stereocenters. The minimum atomic E-state index is -0.0356. The maximum Gasteiger partial charge on any atom is 0.271 e. The predicted molar refractivity (Wildman–Crippen MR) is 80.4 cm³/mol. The average Bonchev–Trinajstić information content (AvgIpc) is 3.07. The lowest BCUT2D eigenvalue weighted by molar-refractivity contribution is 0.0929. The van der Waals surface area contributed by atoms with Crippen molar-refractivity contribution in [3.05, 3.63) is 35.6 Å². The van der Waals surface area contributed by atoms with Crippen LogP contribution in [0.4, 0.5) is 0 Å². The van der Waals surface area contributed by atoms with E-state index in [0.717, 1.165) is 18.0 Å². The summed E-state index contributed by atoms with van der Waals surface area (Å²) in [6, 6.07) is 4.22. The van der Waals surface area contributed by atoms with E-state index in [9.17, 15) is 4.79 Å². The number of nitrogens with one attached hydrogen (secondary N) is 1. The molecule has 1 amide bonds. The highest BCUT2D eigenvalue weighted by molar-refractivity contribution is 7.12. The van der Waals surface area contributed by atoms with Gasteiger partial charge in [-0.15, -0.1) is 11.3 Å². The Morgan fingerprint density at radius 3 is 2.60 bits per heavy atom. The molecule has 0 aliphatic heterocycles. The van der Waals surface area contributed by atoms with Gasteiger partial charge in [-0.2, -0.15) is 0 Å². The van der Waals surface area contributed by atoms with Crippen LogP contribution in [0.5, 0.6) is 0 Å². The van der Waals surface area contributed by atoms with Crippen molar-refractivity contribution in [3.8, 4) is 5.13 Å². The van der Waals surface area contributed by atoms with Crippen LogP contribution in [0.2, 0.25) is 0 Å². The quantitative estimate of drug-likeness (QED) is 0.880. The molecule has 0 atom stereocenters. The van der Waals surface area contributed by atoms with Crippen LogP contribution in [0.1, 0.15) is 49.0 Å². The van der Waals surface area contributed by atoms with Crippen molar-refractivity contribution in [1.29, 1.82) is 0 Å². The predicted octanol–water partition coefficient (Wildman–Crippen LogP) is 3.39. The van der Waals surface area contributed by atoms with Gasteiger partial charge in [-0.1, -0.05) is 25.7 Å². The van der Waals surface area contributed by atoms with Crippen molar-refractivity contribution in [2.45, 2.75) is 44.6 Å². The lowest BCUT2D eigenvalue weighted by Crippen LogP contribution is -2.34. The Kier molecular flexibility index (Phi) is 4.16. The summed E-state index contributed by atoms with van der Waals surface area (Å²) in [6.07, 6.45) is 11.1. The summed E-state index contributed by atoms with van der Waals surface area (Å²) < 4.78 is 1.92. The van der Waals surface area contributed by atoms with Crippen LogP contribution < -0.4 is 5.32 Å². The fourth-order valence-electron chi connectivity index (χ4n) is 2.63. The number of carbonyl (C=O) groups is 1. The van der Waals surface area contributed by atoms with E-state index >= 15 is 0 Å². The Bertz CT molecular complexity index is 553. The molecule has 1 N–H and O–H groups in total. The van der Waals surface area contributed by atoms with Crippen LogP contribution in [-0.2, 0) is 0 Å². The molecule has 2 aromatic heterocycles. The highest BCUT2D eigenvalue weighted by atomic mass is 32.1. The molecule has 0 radical (unpaired) electrons. The first-order chi connectivity index (χ1) is 9.83. The van der Waals surface area contributed by atoms with Gasteiger partial charge in [0, 0.05) is 23.8 Å². The second-order valence-corrected chi connectivity index (χ2v) is 6.10. The first-order valence-corrected chi connectivity index (χ1v) is 8.10. The number of thiazole rings is 1. The fourth-order valence-corrected chi connectivity index (χ4v) is 3.40. The molecule has 20 heavy (non-hydrogen) atoms. The molecule has 0 saturated heterocycles. The molecule has 106 valence electrons. The van der Waals surface area contributed by atoms with Crippen LogP contribution >= 0.6 is 11.3 Å². The Balaban J connectivity index is 1.65. The Hall–Kier alpha value is -1.62. The fraction of sp³-hybridized carbons (Fsp3) is 0.467. The topological polar surface area (TPSA) is 46.9 Å². The molecule has 0 spiro atoms. The number of nitrogens with zero attached hydrogens (tertiary/aromatic N) is 2. The first-order valence-electron chi connectivity index (χ1n) is 7.23. The van der Waals surface area contributed by atoms with E-state index in [1.165, 1.54) is 37.0 Å². The third-order valence-electron chi connectivity index (χ3n) is 3.74. The monoisotopic (exact) mass is 289 g/mol. The van der Waals surface area contributed by atoms with Crippen molar-refractivity contribution < 1.29 is 4.79 Å². The molecular weight excluding hydrogens is 270 g/mol. The summed E-state index contributed by atoms with van der Waals surface area (Å²) in [7, 11) is 0. The minimum Gasteiger partial charge on any atom is -0.348 e. The number of rotatable bonds is 3. The van der Waals surface area contributed by atoms with Crippen LogP contribution in [-0.4, -0.2) is 21.5 Å². The SMILES string of the molecule is O=C(NC1CCCCCC1)c1csc(-n2cccc2)n1. The van der Waals surface area contributed by atoms with Gasteiger partial charge in [0.1, 0.15) is 5.69 Å². The standard InChI is InChI=1S/C15H19N3OS/c19-14(16-12-7-3-1-2-4-8-12)13-11-20-15(17-13)18-9-5-6-10-18/h5-6,9-12H,1-4,7-8H2,(H,16,19). The highest BCUT2D eigenvalue weighted by Gasteiger charge is 2.17. The normalized spacial score (nSPS) is 16.8. The molecule has 5 heteroatoms. The van der Waals surface area contributed by atoms with Crippen molar-refractivity contribution in [3.63, 3.8) is 0 Å². The highest BCUT2D eigenvalue weighted by Crippen LogP contribution is 2.19. The van der Waals surface area contributed by atoms with Gasteiger partial charge in [-0.05, 0) is 25.0 Å². The number of hydrogen-bond donors (Lipinski definition) is 1. The largest absolute Gasteiger partial charge is 0.348 e. The molecule has 2 heterocycles. The van der Waals surface area contributed by atoms with Crippen LogP contribution in [0.15, 0.2) is 29.9 Å². The van der Waals surface area contributed by atoms with Crippen LogP contribution in [0.3, 0.4) is 0 Å². The van der Waals surface area contributed by atoms with Gasteiger partial charge in [0.05, 0.1) is 0 Å². The van der Waals surface area contributed by atoms with E-state index in [1.54, 1.807) is 0 Å². The van der Waals surface area contributed by atoms with Gasteiger partial charge < -0.3 is 9.88 Å². The van der Waals surface area contributed by atoms with Gasteiger partial charge in [0.15, 0.2) is 5.13 Å². The molecule has 0 aromatic carbocycles. The van der Waals surface area contributed by atoms with E-state index in [1.807, 2.05) is 34.5 Å². The molecule has 3 rings (SSSR count). The van der Waals surface area contributed by atoms with Gasteiger partial charge >= 0.3 is 0 Å². The average molecular weight is 289 g/mol. The summed E-state index contributed by atoms with van der Waals surface area (Å²) in [5, 5.41) is 5.80. The molecule has 0 bridgehead atoms. The second kappa shape index (κ2) is 6.22. The summed E-state index contributed by atoms with van der Waals surface area (Å²) in [5.41, 5.74) is 0.531. The molecule has 1 aliphatic carbocycles. The van der Waals surface area contributed by atoms with Crippen molar-refractivity contribution in [2.24, 2.45) is 0 Å². The molecule has 1 fully saturated rings. The lowest BCUT2D eigenvalue weighted by Gasteiger charge is -2.15. The van der Waals surface area contributed by atoms with E-state index in [-0.39, 0.29) is 5.91 Å². The summed E-state index contributed by atoms with van der Waals surface area (Å²) in [4.78, 5) is 16.6. The minimum absolute atomic E-state index is 0.0356. The van der Waals surface area contributed by atoms with Crippen molar-refractivity contribution in [1.82, 2.24) is 14.9 Å². The molecule has 2 aromatic rings. The third-order valence-corrected chi connectivity index (χ3v) is 4.59. The molecule has 1 saturated carbocycles. The first kappa shape index (κ1) is 13.4. The maximum atomic E-state index is 12.2.